The standard InChI is InChI=1S/C27H35N5O3/c1-17-13-20(11-12-35-5)15-23(17)28-27(34)29-25-19(3)24(21-14-18(2)26(33)31(4)16-21)30-32(25)22-9-7-6-8-10-22/h6-10,14,16-17,20,23H,11-13,15H2,1-5H3,(H2,28,29,34)/t17-,20+,23-/m1/s1. The second kappa shape index (κ2) is 10.5. The Balaban J connectivity index is 1.63. The Morgan fingerprint density at radius 3 is 2.63 bits per heavy atom. The quantitative estimate of drug-likeness (QED) is 0.527. The summed E-state index contributed by atoms with van der Waals surface area (Å²) in [5.41, 5.74) is 3.82. The number of anilines is 1. The van der Waals surface area contributed by atoms with Crippen LogP contribution < -0.4 is 16.2 Å². The summed E-state index contributed by atoms with van der Waals surface area (Å²) >= 11 is 0. The number of nitrogens with zero attached hydrogens (tertiary/aromatic N) is 3. The van der Waals surface area contributed by atoms with Crippen LogP contribution in [0.5, 0.6) is 0 Å². The summed E-state index contributed by atoms with van der Waals surface area (Å²) in [4.78, 5) is 25.3. The molecular formula is C27H35N5O3. The van der Waals surface area contributed by atoms with Crippen LogP contribution >= 0.6 is 0 Å². The lowest BCUT2D eigenvalue weighted by molar-refractivity contribution is 0.177. The van der Waals surface area contributed by atoms with Crippen LogP contribution in [0.25, 0.3) is 16.9 Å². The van der Waals surface area contributed by atoms with Gasteiger partial charge < -0.3 is 14.6 Å². The molecule has 1 aliphatic carbocycles. The van der Waals surface area contributed by atoms with Gasteiger partial charge in [-0.1, -0.05) is 25.1 Å². The summed E-state index contributed by atoms with van der Waals surface area (Å²) < 4.78 is 8.55. The lowest BCUT2D eigenvalue weighted by Gasteiger charge is -2.18. The molecule has 0 spiro atoms. The van der Waals surface area contributed by atoms with Gasteiger partial charge in [0.2, 0.25) is 0 Å². The monoisotopic (exact) mass is 477 g/mol. The summed E-state index contributed by atoms with van der Waals surface area (Å²) in [5.74, 6) is 1.58. The minimum atomic E-state index is -0.238. The maximum atomic E-state index is 13.1. The zero-order valence-electron chi connectivity index (χ0n) is 21.2. The third-order valence-corrected chi connectivity index (χ3v) is 7.02. The van der Waals surface area contributed by atoms with Crippen LogP contribution in [-0.2, 0) is 11.8 Å². The first-order valence-corrected chi connectivity index (χ1v) is 12.2. The highest BCUT2D eigenvalue weighted by Gasteiger charge is 2.32. The van der Waals surface area contributed by atoms with Crippen LogP contribution in [-0.4, -0.2) is 40.1 Å². The van der Waals surface area contributed by atoms with E-state index in [0.29, 0.717) is 23.2 Å². The van der Waals surface area contributed by atoms with Crippen LogP contribution in [0.1, 0.15) is 37.3 Å². The molecule has 2 heterocycles. The van der Waals surface area contributed by atoms with Crippen molar-refractivity contribution in [1.82, 2.24) is 19.7 Å². The van der Waals surface area contributed by atoms with Gasteiger partial charge in [-0.25, -0.2) is 9.48 Å². The van der Waals surface area contributed by atoms with Crippen LogP contribution in [0.3, 0.4) is 0 Å². The molecule has 8 heteroatoms. The second-order valence-corrected chi connectivity index (χ2v) is 9.70. The van der Waals surface area contributed by atoms with Crippen molar-refractivity contribution in [3.63, 3.8) is 0 Å². The molecule has 0 radical (unpaired) electrons. The Morgan fingerprint density at radius 1 is 1.20 bits per heavy atom. The molecule has 186 valence electrons. The number of aromatic nitrogens is 3. The fourth-order valence-corrected chi connectivity index (χ4v) is 5.09. The predicted octanol–water partition coefficient (Wildman–Crippen LogP) is 4.43. The topological polar surface area (TPSA) is 90.2 Å². The number of hydrogen-bond donors (Lipinski definition) is 2. The van der Waals surface area contributed by atoms with Crippen molar-refractivity contribution in [2.24, 2.45) is 18.9 Å². The molecule has 2 aromatic heterocycles. The average Bonchev–Trinajstić information content (AvgIpc) is 3.35. The molecule has 1 aromatic carbocycles. The normalized spacial score (nSPS) is 19.6. The Hall–Kier alpha value is -3.39. The van der Waals surface area contributed by atoms with E-state index in [1.165, 1.54) is 0 Å². The Labute approximate surface area is 206 Å². The van der Waals surface area contributed by atoms with Gasteiger partial charge in [-0.2, -0.15) is 5.10 Å². The molecule has 0 aliphatic heterocycles. The first-order valence-electron chi connectivity index (χ1n) is 12.2. The molecule has 0 unspecified atom stereocenters. The van der Waals surface area contributed by atoms with Crippen LogP contribution in [0.15, 0.2) is 47.4 Å². The van der Waals surface area contributed by atoms with Gasteiger partial charge in [0.05, 0.1) is 11.4 Å². The van der Waals surface area contributed by atoms with Crippen molar-refractivity contribution < 1.29 is 9.53 Å². The Bertz CT molecular complexity index is 1220. The predicted molar refractivity (Wildman–Crippen MR) is 138 cm³/mol. The van der Waals surface area contributed by atoms with E-state index in [4.69, 9.17) is 9.84 Å². The minimum absolute atomic E-state index is 0.0406. The zero-order valence-corrected chi connectivity index (χ0v) is 21.2. The van der Waals surface area contributed by atoms with Crippen LogP contribution in [0, 0.1) is 25.7 Å². The number of urea groups is 1. The number of benzene rings is 1. The summed E-state index contributed by atoms with van der Waals surface area (Å²) in [5, 5.41) is 11.1. The largest absolute Gasteiger partial charge is 0.385 e. The number of amides is 2. The molecule has 1 aliphatic rings. The number of rotatable bonds is 7. The average molecular weight is 478 g/mol. The number of aryl methyl sites for hydroxylation is 2. The van der Waals surface area contributed by atoms with Crippen molar-refractivity contribution >= 4 is 11.8 Å². The third kappa shape index (κ3) is 5.32. The van der Waals surface area contributed by atoms with Crippen molar-refractivity contribution in [2.45, 2.75) is 46.1 Å². The SMILES string of the molecule is COCC[C@H]1C[C@@H](C)[C@H](NC(=O)Nc2c(C)c(-c3cc(C)c(=O)n(C)c3)nn2-c2ccccc2)C1. The van der Waals surface area contributed by atoms with Crippen LogP contribution in [0.2, 0.25) is 0 Å². The van der Waals surface area contributed by atoms with Gasteiger partial charge in [0.25, 0.3) is 5.56 Å². The zero-order chi connectivity index (χ0) is 25.1. The number of carbonyl (C=O) groups is 1. The summed E-state index contributed by atoms with van der Waals surface area (Å²) in [6.45, 7) is 6.68. The van der Waals surface area contributed by atoms with Gasteiger partial charge in [-0.05, 0) is 63.1 Å². The van der Waals surface area contributed by atoms with Gasteiger partial charge in [0.1, 0.15) is 5.82 Å². The molecule has 35 heavy (non-hydrogen) atoms. The van der Waals surface area contributed by atoms with E-state index < -0.39 is 0 Å². The van der Waals surface area contributed by atoms with Gasteiger partial charge >= 0.3 is 6.03 Å². The summed E-state index contributed by atoms with van der Waals surface area (Å²) in [6.07, 6.45) is 4.84. The maximum Gasteiger partial charge on any atom is 0.320 e. The molecular weight excluding hydrogens is 442 g/mol. The molecule has 0 saturated heterocycles. The van der Waals surface area contributed by atoms with E-state index in [-0.39, 0.29) is 17.6 Å². The number of pyridine rings is 1. The van der Waals surface area contributed by atoms with Gasteiger partial charge in [0, 0.05) is 49.7 Å². The van der Waals surface area contributed by atoms with Crippen molar-refractivity contribution in [1.29, 1.82) is 0 Å². The molecule has 2 N–H and O–H groups in total. The molecule has 1 saturated carbocycles. The van der Waals surface area contributed by atoms with Crippen molar-refractivity contribution in [3.05, 3.63) is 64.1 Å². The first kappa shape index (κ1) is 24.7. The number of methoxy groups -OCH3 is 1. The molecule has 2 amide bonds. The Morgan fingerprint density at radius 2 is 1.94 bits per heavy atom. The number of carbonyl (C=O) groups excluding carboxylic acids is 1. The molecule has 0 bridgehead atoms. The fourth-order valence-electron chi connectivity index (χ4n) is 5.09. The van der Waals surface area contributed by atoms with E-state index >= 15 is 0 Å². The number of nitrogens with one attached hydrogen (secondary N) is 2. The molecule has 3 aromatic rings. The highest BCUT2D eigenvalue weighted by molar-refractivity contribution is 5.91. The van der Waals surface area contributed by atoms with Gasteiger partial charge in [-0.15, -0.1) is 0 Å². The smallest absolute Gasteiger partial charge is 0.320 e. The van der Waals surface area contributed by atoms with E-state index in [1.807, 2.05) is 43.3 Å². The molecule has 3 atom stereocenters. The number of ether oxygens (including phenoxy) is 1. The Kier molecular flexibility index (Phi) is 7.40. The number of para-hydroxylation sites is 1. The molecule has 8 nitrogen and oxygen atoms in total. The van der Waals surface area contributed by atoms with E-state index in [1.54, 1.807) is 36.5 Å². The lowest BCUT2D eigenvalue weighted by Crippen LogP contribution is -2.40. The highest BCUT2D eigenvalue weighted by Crippen LogP contribution is 2.34. The number of hydrogen-bond acceptors (Lipinski definition) is 4. The van der Waals surface area contributed by atoms with Crippen molar-refractivity contribution in [3.8, 4) is 16.9 Å². The third-order valence-electron chi connectivity index (χ3n) is 7.02. The summed E-state index contributed by atoms with van der Waals surface area (Å²) in [6, 6.07) is 11.4. The highest BCUT2D eigenvalue weighted by atomic mass is 16.5. The minimum Gasteiger partial charge on any atom is -0.385 e. The molecule has 1 fully saturated rings. The first-order chi connectivity index (χ1) is 16.8. The van der Waals surface area contributed by atoms with E-state index in [9.17, 15) is 9.59 Å². The second-order valence-electron chi connectivity index (χ2n) is 9.70. The van der Waals surface area contributed by atoms with Gasteiger partial charge in [-0.3, -0.25) is 10.1 Å². The fraction of sp³-hybridized carbons (Fsp3) is 0.444. The maximum absolute atomic E-state index is 13.1. The van der Waals surface area contributed by atoms with E-state index in [0.717, 1.165) is 48.4 Å². The van der Waals surface area contributed by atoms with Crippen LogP contribution in [0.4, 0.5) is 10.6 Å². The van der Waals surface area contributed by atoms with Crippen molar-refractivity contribution in [2.75, 3.05) is 19.0 Å². The lowest BCUT2D eigenvalue weighted by atomic mass is 10.0. The molecule has 4 rings (SSSR count). The van der Waals surface area contributed by atoms with E-state index in [2.05, 4.69) is 17.6 Å². The summed E-state index contributed by atoms with van der Waals surface area (Å²) in [7, 11) is 3.46. The van der Waals surface area contributed by atoms with Gasteiger partial charge in [0.15, 0.2) is 0 Å².